The zero-order valence-electron chi connectivity index (χ0n) is 11.4. The smallest absolute Gasteiger partial charge is 0.159 e. The maximum atomic E-state index is 11.2. The third-order valence-corrected chi connectivity index (χ3v) is 3.40. The first-order chi connectivity index (χ1) is 8.54. The second-order valence-electron chi connectivity index (χ2n) is 5.42. The van der Waals surface area contributed by atoms with Crippen LogP contribution in [0.1, 0.15) is 36.7 Å². The normalized spacial score (nSPS) is 25.1. The standard InChI is InChI=1S/C15H22N2O/c1-11-8-17(9-12(2)16-11)10-14-4-6-15(7-5-14)13(3)18/h4-7,11-12,16H,8-10H2,1-3H3. The van der Waals surface area contributed by atoms with E-state index in [4.69, 9.17) is 0 Å². The number of benzene rings is 1. The highest BCUT2D eigenvalue weighted by atomic mass is 16.1. The molecule has 1 aromatic rings. The molecule has 2 rings (SSSR count). The number of carbonyl (C=O) groups is 1. The Morgan fingerprint density at radius 3 is 2.28 bits per heavy atom. The third-order valence-electron chi connectivity index (χ3n) is 3.40. The second kappa shape index (κ2) is 5.63. The van der Waals surface area contributed by atoms with Gasteiger partial charge in [-0.2, -0.15) is 0 Å². The molecule has 0 spiro atoms. The van der Waals surface area contributed by atoms with Gasteiger partial charge in [-0.25, -0.2) is 0 Å². The Hall–Kier alpha value is -1.19. The number of piperazine rings is 1. The molecule has 98 valence electrons. The molecule has 1 aliphatic heterocycles. The Bertz CT molecular complexity index is 403. The van der Waals surface area contributed by atoms with Crippen LogP contribution in [0.3, 0.4) is 0 Å². The van der Waals surface area contributed by atoms with Crippen LogP contribution in [0.15, 0.2) is 24.3 Å². The fraction of sp³-hybridized carbons (Fsp3) is 0.533. The van der Waals surface area contributed by atoms with Crippen molar-refractivity contribution in [3.63, 3.8) is 0 Å². The van der Waals surface area contributed by atoms with Crippen LogP contribution in [-0.4, -0.2) is 35.9 Å². The molecule has 1 saturated heterocycles. The van der Waals surface area contributed by atoms with Gasteiger partial charge in [-0.1, -0.05) is 24.3 Å². The summed E-state index contributed by atoms with van der Waals surface area (Å²) in [6, 6.07) is 9.07. The van der Waals surface area contributed by atoms with Crippen molar-refractivity contribution in [3.05, 3.63) is 35.4 Å². The van der Waals surface area contributed by atoms with Gasteiger partial charge in [-0.05, 0) is 26.3 Å². The van der Waals surface area contributed by atoms with Gasteiger partial charge in [0, 0.05) is 37.3 Å². The highest BCUT2D eigenvalue weighted by molar-refractivity contribution is 5.93. The molecule has 0 bridgehead atoms. The fourth-order valence-corrected chi connectivity index (χ4v) is 2.67. The van der Waals surface area contributed by atoms with Crippen LogP contribution >= 0.6 is 0 Å². The molecule has 1 N–H and O–H groups in total. The monoisotopic (exact) mass is 246 g/mol. The molecule has 0 aliphatic carbocycles. The van der Waals surface area contributed by atoms with Crippen molar-refractivity contribution in [3.8, 4) is 0 Å². The lowest BCUT2D eigenvalue weighted by molar-refractivity contribution is 0.101. The van der Waals surface area contributed by atoms with Gasteiger partial charge >= 0.3 is 0 Å². The SMILES string of the molecule is CC(=O)c1ccc(CN2CC(C)NC(C)C2)cc1. The number of ketones is 1. The van der Waals surface area contributed by atoms with E-state index in [9.17, 15) is 4.79 Å². The predicted octanol–water partition coefficient (Wildman–Crippen LogP) is 2.07. The van der Waals surface area contributed by atoms with Gasteiger partial charge in [0.1, 0.15) is 0 Å². The molecule has 0 aromatic heterocycles. The summed E-state index contributed by atoms with van der Waals surface area (Å²) in [7, 11) is 0. The molecule has 3 nitrogen and oxygen atoms in total. The van der Waals surface area contributed by atoms with Gasteiger partial charge in [-0.15, -0.1) is 0 Å². The van der Waals surface area contributed by atoms with E-state index in [0.717, 1.165) is 25.2 Å². The lowest BCUT2D eigenvalue weighted by atomic mass is 10.1. The Labute approximate surface area is 109 Å². The molecule has 2 atom stereocenters. The minimum absolute atomic E-state index is 0.131. The predicted molar refractivity (Wildman–Crippen MR) is 73.8 cm³/mol. The van der Waals surface area contributed by atoms with Gasteiger partial charge in [0.2, 0.25) is 0 Å². The zero-order chi connectivity index (χ0) is 13.1. The first-order valence-electron chi connectivity index (χ1n) is 6.63. The summed E-state index contributed by atoms with van der Waals surface area (Å²) in [4.78, 5) is 13.7. The lowest BCUT2D eigenvalue weighted by Crippen LogP contribution is -2.53. The van der Waals surface area contributed by atoms with Crippen LogP contribution < -0.4 is 5.32 Å². The highest BCUT2D eigenvalue weighted by Crippen LogP contribution is 2.11. The molecule has 2 unspecified atom stereocenters. The number of carbonyl (C=O) groups excluding carboxylic acids is 1. The number of Topliss-reactive ketones (excluding diaryl/α,β-unsaturated/α-hetero) is 1. The second-order valence-corrected chi connectivity index (χ2v) is 5.42. The van der Waals surface area contributed by atoms with Gasteiger partial charge in [0.05, 0.1) is 0 Å². The van der Waals surface area contributed by atoms with Crippen molar-refractivity contribution in [2.45, 2.75) is 39.4 Å². The third kappa shape index (κ3) is 3.40. The lowest BCUT2D eigenvalue weighted by Gasteiger charge is -2.36. The van der Waals surface area contributed by atoms with Crippen molar-refractivity contribution in [2.24, 2.45) is 0 Å². The maximum Gasteiger partial charge on any atom is 0.159 e. The highest BCUT2D eigenvalue weighted by Gasteiger charge is 2.20. The summed E-state index contributed by atoms with van der Waals surface area (Å²) < 4.78 is 0. The quantitative estimate of drug-likeness (QED) is 0.829. The molecule has 0 saturated carbocycles. The fourth-order valence-electron chi connectivity index (χ4n) is 2.67. The van der Waals surface area contributed by atoms with Crippen LogP contribution in [0, 0.1) is 0 Å². The van der Waals surface area contributed by atoms with Crippen molar-refractivity contribution >= 4 is 5.78 Å². The van der Waals surface area contributed by atoms with Crippen LogP contribution in [0.25, 0.3) is 0 Å². The Morgan fingerprint density at radius 1 is 1.22 bits per heavy atom. The summed E-state index contributed by atoms with van der Waals surface area (Å²) in [5.41, 5.74) is 2.07. The molecule has 18 heavy (non-hydrogen) atoms. The number of nitrogens with zero attached hydrogens (tertiary/aromatic N) is 1. The Morgan fingerprint density at radius 2 is 1.78 bits per heavy atom. The Balaban J connectivity index is 1.98. The molecule has 0 radical (unpaired) electrons. The van der Waals surface area contributed by atoms with E-state index in [1.807, 2.05) is 12.1 Å². The number of rotatable bonds is 3. The molecule has 0 amide bonds. The van der Waals surface area contributed by atoms with E-state index in [0.29, 0.717) is 12.1 Å². The molecular formula is C15H22N2O. The Kier molecular flexibility index (Phi) is 4.15. The zero-order valence-corrected chi connectivity index (χ0v) is 11.4. The number of nitrogens with one attached hydrogen (secondary N) is 1. The molecule has 1 heterocycles. The van der Waals surface area contributed by atoms with Crippen LogP contribution in [0.5, 0.6) is 0 Å². The average Bonchev–Trinajstić information content (AvgIpc) is 2.28. The van der Waals surface area contributed by atoms with Gasteiger partial charge in [0.15, 0.2) is 5.78 Å². The van der Waals surface area contributed by atoms with Crippen molar-refractivity contribution < 1.29 is 4.79 Å². The van der Waals surface area contributed by atoms with Gasteiger partial charge in [-0.3, -0.25) is 9.69 Å². The number of hydrogen-bond acceptors (Lipinski definition) is 3. The summed E-state index contributed by atoms with van der Waals surface area (Å²) in [5, 5.41) is 3.53. The largest absolute Gasteiger partial charge is 0.309 e. The van der Waals surface area contributed by atoms with Crippen LogP contribution in [-0.2, 0) is 6.54 Å². The molecule has 3 heteroatoms. The van der Waals surface area contributed by atoms with Gasteiger partial charge in [0.25, 0.3) is 0 Å². The summed E-state index contributed by atoms with van der Waals surface area (Å²) >= 11 is 0. The molecule has 1 fully saturated rings. The summed E-state index contributed by atoms with van der Waals surface area (Å²) in [5.74, 6) is 0.131. The van der Waals surface area contributed by atoms with Crippen LogP contribution in [0.4, 0.5) is 0 Å². The van der Waals surface area contributed by atoms with E-state index >= 15 is 0 Å². The molecule has 1 aromatic carbocycles. The minimum Gasteiger partial charge on any atom is -0.309 e. The summed E-state index contributed by atoms with van der Waals surface area (Å²) in [6.07, 6.45) is 0. The molecule has 1 aliphatic rings. The van der Waals surface area contributed by atoms with E-state index in [1.54, 1.807) is 6.92 Å². The maximum absolute atomic E-state index is 11.2. The first-order valence-corrected chi connectivity index (χ1v) is 6.63. The summed E-state index contributed by atoms with van der Waals surface area (Å²) in [6.45, 7) is 9.18. The first kappa shape index (κ1) is 13.2. The van der Waals surface area contributed by atoms with E-state index in [-0.39, 0.29) is 5.78 Å². The van der Waals surface area contributed by atoms with Crippen LogP contribution in [0.2, 0.25) is 0 Å². The number of hydrogen-bond donors (Lipinski definition) is 1. The van der Waals surface area contributed by atoms with E-state index in [2.05, 4.69) is 36.2 Å². The average molecular weight is 246 g/mol. The van der Waals surface area contributed by atoms with Crippen molar-refractivity contribution in [1.29, 1.82) is 0 Å². The minimum atomic E-state index is 0.131. The van der Waals surface area contributed by atoms with E-state index in [1.165, 1.54) is 5.56 Å². The van der Waals surface area contributed by atoms with E-state index < -0.39 is 0 Å². The van der Waals surface area contributed by atoms with Crippen molar-refractivity contribution in [1.82, 2.24) is 10.2 Å². The van der Waals surface area contributed by atoms with Crippen molar-refractivity contribution in [2.75, 3.05) is 13.1 Å². The topological polar surface area (TPSA) is 32.3 Å². The van der Waals surface area contributed by atoms with Gasteiger partial charge < -0.3 is 5.32 Å². The molecular weight excluding hydrogens is 224 g/mol.